The first-order valence-corrected chi connectivity index (χ1v) is 9.40. The first-order chi connectivity index (χ1) is 13.1. The largest absolute Gasteiger partial charge is 0.496 e. The fourth-order valence-electron chi connectivity index (χ4n) is 2.30. The van der Waals surface area contributed by atoms with Crippen molar-refractivity contribution in [3.05, 3.63) is 54.7 Å². The molecule has 1 heterocycles. The van der Waals surface area contributed by atoms with Crippen LogP contribution in [-0.2, 0) is 4.57 Å². The van der Waals surface area contributed by atoms with E-state index in [-0.39, 0.29) is 0 Å². The molecule has 0 aliphatic heterocycles. The normalized spacial score (nSPS) is 10.8. The maximum atomic E-state index is 11.4. The third kappa shape index (κ3) is 4.86. The van der Waals surface area contributed by atoms with Crippen LogP contribution in [0.1, 0.15) is 0 Å². The minimum atomic E-state index is -1.61. The standard InChI is InChI=1S/C19H18N3O4P/c1-24-14-8-15(25-2)10-16(9-14)26-17-11-19(22-20-12-17)21-13-4-6-18(7-5-13)27(3)23/h4-12H,3H2,1-2H3,(H,21,22). The van der Waals surface area contributed by atoms with Crippen LogP contribution in [0.5, 0.6) is 23.0 Å². The highest BCUT2D eigenvalue weighted by atomic mass is 31.1. The molecule has 2 aromatic carbocycles. The van der Waals surface area contributed by atoms with Crippen molar-refractivity contribution in [2.24, 2.45) is 0 Å². The predicted molar refractivity (Wildman–Crippen MR) is 106 cm³/mol. The highest BCUT2D eigenvalue weighted by Crippen LogP contribution is 2.31. The summed E-state index contributed by atoms with van der Waals surface area (Å²) in [6, 6.07) is 14.1. The Morgan fingerprint density at radius 1 is 0.926 bits per heavy atom. The minimum Gasteiger partial charge on any atom is -0.496 e. The molecule has 3 rings (SSSR count). The van der Waals surface area contributed by atoms with Crippen molar-refractivity contribution in [1.29, 1.82) is 0 Å². The summed E-state index contributed by atoms with van der Waals surface area (Å²) in [5.41, 5.74) is 0.782. The summed E-state index contributed by atoms with van der Waals surface area (Å²) >= 11 is 0. The van der Waals surface area contributed by atoms with Crippen LogP contribution in [0.3, 0.4) is 0 Å². The lowest BCUT2D eigenvalue weighted by molar-refractivity contribution is 0.386. The van der Waals surface area contributed by atoms with Gasteiger partial charge in [-0.3, -0.25) is 4.57 Å². The van der Waals surface area contributed by atoms with Crippen LogP contribution in [0.2, 0.25) is 0 Å². The molecule has 27 heavy (non-hydrogen) atoms. The molecule has 0 saturated heterocycles. The zero-order valence-electron chi connectivity index (χ0n) is 14.9. The number of hydrogen-bond donors (Lipinski definition) is 1. The molecule has 0 saturated carbocycles. The third-order valence-electron chi connectivity index (χ3n) is 3.62. The number of hydrogen-bond acceptors (Lipinski definition) is 7. The Hall–Kier alpha value is -3.31. The maximum absolute atomic E-state index is 11.4. The Morgan fingerprint density at radius 2 is 1.56 bits per heavy atom. The van der Waals surface area contributed by atoms with Gasteiger partial charge in [0.25, 0.3) is 0 Å². The average Bonchev–Trinajstić information content (AvgIpc) is 2.68. The molecular formula is C19H18N3O4P. The molecule has 0 fully saturated rings. The summed E-state index contributed by atoms with van der Waals surface area (Å²) in [5, 5.41) is 11.8. The Labute approximate surface area is 157 Å². The van der Waals surface area contributed by atoms with E-state index in [1.807, 2.05) is 0 Å². The molecule has 7 nitrogen and oxygen atoms in total. The van der Waals surface area contributed by atoms with E-state index in [4.69, 9.17) is 14.2 Å². The van der Waals surface area contributed by atoms with Gasteiger partial charge in [0.05, 0.1) is 20.4 Å². The molecule has 1 atom stereocenters. The Morgan fingerprint density at radius 3 is 2.15 bits per heavy atom. The number of methoxy groups -OCH3 is 2. The fourth-order valence-corrected chi connectivity index (χ4v) is 2.78. The Bertz CT molecular complexity index is 974. The van der Waals surface area contributed by atoms with Gasteiger partial charge in [-0.2, -0.15) is 5.10 Å². The summed E-state index contributed by atoms with van der Waals surface area (Å²) in [7, 11) is 1.54. The molecule has 0 radical (unpaired) electrons. The zero-order chi connectivity index (χ0) is 19.2. The highest BCUT2D eigenvalue weighted by Gasteiger charge is 2.06. The van der Waals surface area contributed by atoms with Gasteiger partial charge in [0.1, 0.15) is 24.7 Å². The lowest BCUT2D eigenvalue weighted by atomic mass is 10.3. The van der Waals surface area contributed by atoms with E-state index < -0.39 is 7.42 Å². The first kappa shape index (κ1) is 18.5. The van der Waals surface area contributed by atoms with Gasteiger partial charge in [0.2, 0.25) is 0 Å². The number of aromatic nitrogens is 2. The lowest BCUT2D eigenvalue weighted by Gasteiger charge is -2.11. The summed E-state index contributed by atoms with van der Waals surface area (Å²) in [6.07, 6.45) is 5.04. The first-order valence-electron chi connectivity index (χ1n) is 7.96. The molecule has 0 aliphatic rings. The molecular weight excluding hydrogens is 365 g/mol. The molecule has 0 aliphatic carbocycles. The van der Waals surface area contributed by atoms with Gasteiger partial charge < -0.3 is 19.5 Å². The van der Waals surface area contributed by atoms with Gasteiger partial charge in [0, 0.05) is 35.3 Å². The molecule has 1 N–H and O–H groups in total. The average molecular weight is 383 g/mol. The van der Waals surface area contributed by atoms with E-state index in [1.54, 1.807) is 62.8 Å². The van der Waals surface area contributed by atoms with Crippen LogP contribution in [-0.4, -0.2) is 30.7 Å². The van der Waals surface area contributed by atoms with E-state index in [0.29, 0.717) is 34.1 Å². The Kier molecular flexibility index (Phi) is 5.74. The van der Waals surface area contributed by atoms with Gasteiger partial charge in [0.15, 0.2) is 11.6 Å². The number of benzene rings is 2. The molecule has 0 bridgehead atoms. The smallest absolute Gasteiger partial charge is 0.156 e. The predicted octanol–water partition coefficient (Wildman–Crippen LogP) is 3.91. The number of ether oxygens (including phenoxy) is 3. The van der Waals surface area contributed by atoms with Crippen LogP contribution in [0.25, 0.3) is 0 Å². The second kappa shape index (κ2) is 8.38. The van der Waals surface area contributed by atoms with E-state index >= 15 is 0 Å². The number of nitrogens with one attached hydrogen (secondary N) is 1. The molecule has 138 valence electrons. The van der Waals surface area contributed by atoms with Gasteiger partial charge in [-0.15, -0.1) is 5.10 Å². The lowest BCUT2D eigenvalue weighted by Crippen LogP contribution is -1.98. The maximum Gasteiger partial charge on any atom is 0.156 e. The van der Waals surface area contributed by atoms with Gasteiger partial charge >= 0.3 is 0 Å². The fraction of sp³-hybridized carbons (Fsp3) is 0.105. The second-order valence-corrected chi connectivity index (χ2v) is 6.75. The molecule has 0 spiro atoms. The monoisotopic (exact) mass is 383 g/mol. The van der Waals surface area contributed by atoms with Crippen molar-refractivity contribution in [3.8, 4) is 23.0 Å². The summed E-state index contributed by atoms with van der Waals surface area (Å²) < 4.78 is 27.7. The van der Waals surface area contributed by atoms with E-state index in [2.05, 4.69) is 21.8 Å². The van der Waals surface area contributed by atoms with E-state index in [1.165, 1.54) is 6.20 Å². The molecule has 1 unspecified atom stereocenters. The second-order valence-electron chi connectivity index (χ2n) is 5.48. The molecule has 3 aromatic rings. The minimum absolute atomic E-state index is 0.500. The van der Waals surface area contributed by atoms with Crippen LogP contribution >= 0.6 is 7.42 Å². The van der Waals surface area contributed by atoms with Crippen molar-refractivity contribution in [3.63, 3.8) is 0 Å². The van der Waals surface area contributed by atoms with Crippen molar-refractivity contribution in [2.75, 3.05) is 19.5 Å². The van der Waals surface area contributed by atoms with Crippen molar-refractivity contribution < 1.29 is 18.8 Å². The summed E-state index contributed by atoms with van der Waals surface area (Å²) in [5.74, 6) is 2.80. The molecule has 0 amide bonds. The van der Waals surface area contributed by atoms with Gasteiger partial charge in [-0.1, -0.05) is 0 Å². The summed E-state index contributed by atoms with van der Waals surface area (Å²) in [6.45, 7) is 0. The quantitative estimate of drug-likeness (QED) is 0.619. The van der Waals surface area contributed by atoms with Crippen LogP contribution in [0, 0.1) is 0 Å². The van der Waals surface area contributed by atoms with Crippen LogP contribution < -0.4 is 24.8 Å². The van der Waals surface area contributed by atoms with Crippen molar-refractivity contribution in [2.45, 2.75) is 0 Å². The Balaban J connectivity index is 1.77. The number of rotatable bonds is 7. The summed E-state index contributed by atoms with van der Waals surface area (Å²) in [4.78, 5) is 0. The number of nitrogens with zero attached hydrogens (tertiary/aromatic N) is 2. The van der Waals surface area contributed by atoms with E-state index in [9.17, 15) is 4.57 Å². The van der Waals surface area contributed by atoms with Crippen molar-refractivity contribution in [1.82, 2.24) is 10.2 Å². The van der Waals surface area contributed by atoms with Gasteiger partial charge in [-0.05, 0) is 30.6 Å². The topological polar surface area (TPSA) is 82.6 Å². The van der Waals surface area contributed by atoms with E-state index in [0.717, 1.165) is 5.69 Å². The van der Waals surface area contributed by atoms with Gasteiger partial charge in [-0.25, -0.2) is 0 Å². The third-order valence-corrected chi connectivity index (χ3v) is 4.49. The van der Waals surface area contributed by atoms with Crippen LogP contribution in [0.15, 0.2) is 54.7 Å². The molecule has 1 aromatic heterocycles. The number of anilines is 2. The molecule has 8 heteroatoms. The highest BCUT2D eigenvalue weighted by molar-refractivity contribution is 7.51. The van der Waals surface area contributed by atoms with Crippen LogP contribution in [0.4, 0.5) is 11.5 Å². The van der Waals surface area contributed by atoms with Crippen molar-refractivity contribution >= 4 is 30.5 Å². The SMILES string of the molecule is C=P(=O)c1ccc(Nc2cc(Oc3cc(OC)cc(OC)c3)cnn2)cc1. The zero-order valence-corrected chi connectivity index (χ0v) is 15.8.